The molecule has 0 N–H and O–H groups in total. The number of nitrogens with zero attached hydrogens (tertiary/aromatic N) is 3. The molecule has 0 aliphatic carbocycles. The number of methoxy groups -OCH3 is 1. The third-order valence-electron chi connectivity index (χ3n) is 6.29. The Bertz CT molecular complexity index is 1150. The van der Waals surface area contributed by atoms with Crippen LogP contribution in [-0.2, 0) is 14.3 Å². The Balaban J connectivity index is 1.43. The molecule has 0 bridgehead atoms. The molecule has 3 heterocycles. The first-order chi connectivity index (χ1) is 16.0. The number of ether oxygens (including phenoxy) is 2. The van der Waals surface area contributed by atoms with E-state index in [1.54, 1.807) is 16.9 Å². The van der Waals surface area contributed by atoms with Crippen LogP contribution in [0.1, 0.15) is 24.8 Å². The topological polar surface area (TPSA) is 72.0 Å². The Morgan fingerprint density at radius 1 is 1.30 bits per heavy atom. The predicted octanol–water partition coefficient (Wildman–Crippen LogP) is 4.18. The summed E-state index contributed by atoms with van der Waals surface area (Å²) < 4.78 is 12.4. The van der Waals surface area contributed by atoms with Crippen LogP contribution in [-0.4, -0.2) is 49.7 Å². The van der Waals surface area contributed by atoms with Gasteiger partial charge in [-0.1, -0.05) is 29.5 Å². The third-order valence-corrected chi connectivity index (χ3v) is 7.35. The molecule has 0 spiro atoms. The first kappa shape index (κ1) is 21.9. The van der Waals surface area contributed by atoms with Crippen molar-refractivity contribution in [1.29, 1.82) is 0 Å². The van der Waals surface area contributed by atoms with Crippen LogP contribution in [0, 0.1) is 12.8 Å². The zero-order chi connectivity index (χ0) is 22.9. The molecule has 0 unspecified atom stereocenters. The number of thiazole rings is 1. The fraction of sp³-hybridized carbons (Fsp3) is 0.400. The molecule has 2 atom stereocenters. The average Bonchev–Trinajstić information content (AvgIpc) is 3.56. The standard InChI is InChI=1S/C25H27N3O4S/c1-16-9-10-21(31-2)20(12-16)27-14-17(13-23(27)29)24(30)28(15-18-6-5-11-32-18)25-26-19-7-3-4-8-22(19)33-25/h3-4,7-10,12,17-18H,5-6,11,13-15H2,1-2H3/t17-,18-/m1/s1. The lowest BCUT2D eigenvalue weighted by atomic mass is 10.1. The molecule has 2 aliphatic rings. The van der Waals surface area contributed by atoms with Gasteiger partial charge in [0.15, 0.2) is 5.13 Å². The predicted molar refractivity (Wildman–Crippen MR) is 129 cm³/mol. The minimum atomic E-state index is -0.448. The van der Waals surface area contributed by atoms with Crippen LogP contribution in [0.15, 0.2) is 42.5 Å². The number of anilines is 2. The molecule has 3 aromatic rings. The molecular formula is C25H27N3O4S. The van der Waals surface area contributed by atoms with Crippen molar-refractivity contribution in [3.05, 3.63) is 48.0 Å². The molecule has 2 fully saturated rings. The van der Waals surface area contributed by atoms with E-state index in [4.69, 9.17) is 14.5 Å². The second-order valence-corrected chi connectivity index (χ2v) is 9.64. The van der Waals surface area contributed by atoms with Crippen molar-refractivity contribution in [2.75, 3.05) is 36.6 Å². The van der Waals surface area contributed by atoms with Crippen molar-refractivity contribution in [3.8, 4) is 5.75 Å². The van der Waals surface area contributed by atoms with Gasteiger partial charge in [-0.15, -0.1) is 0 Å². The van der Waals surface area contributed by atoms with E-state index in [0.29, 0.717) is 29.7 Å². The molecule has 0 radical (unpaired) electrons. The second kappa shape index (κ2) is 9.11. The quantitative estimate of drug-likeness (QED) is 0.546. The Labute approximate surface area is 196 Å². The van der Waals surface area contributed by atoms with E-state index in [0.717, 1.165) is 35.2 Å². The van der Waals surface area contributed by atoms with E-state index in [9.17, 15) is 9.59 Å². The fourth-order valence-electron chi connectivity index (χ4n) is 4.57. The van der Waals surface area contributed by atoms with E-state index >= 15 is 0 Å². The zero-order valence-electron chi connectivity index (χ0n) is 18.8. The Morgan fingerprint density at radius 2 is 2.15 bits per heavy atom. The monoisotopic (exact) mass is 465 g/mol. The first-order valence-corrected chi connectivity index (χ1v) is 12.1. The summed E-state index contributed by atoms with van der Waals surface area (Å²) in [4.78, 5) is 34.9. The second-order valence-electron chi connectivity index (χ2n) is 8.63. The largest absolute Gasteiger partial charge is 0.495 e. The van der Waals surface area contributed by atoms with Crippen LogP contribution in [0.25, 0.3) is 10.2 Å². The summed E-state index contributed by atoms with van der Waals surface area (Å²) in [5.74, 6) is 0.0335. The summed E-state index contributed by atoms with van der Waals surface area (Å²) >= 11 is 1.50. The number of amides is 2. The highest BCUT2D eigenvalue weighted by atomic mass is 32.1. The van der Waals surface area contributed by atoms with Crippen molar-refractivity contribution < 1.29 is 19.1 Å². The van der Waals surface area contributed by atoms with E-state index in [-0.39, 0.29) is 24.3 Å². The molecule has 7 nitrogen and oxygen atoms in total. The van der Waals surface area contributed by atoms with E-state index in [1.165, 1.54) is 11.3 Å². The molecule has 2 aliphatic heterocycles. The lowest BCUT2D eigenvalue weighted by molar-refractivity contribution is -0.124. The third kappa shape index (κ3) is 4.32. The minimum absolute atomic E-state index is 0.00830. The van der Waals surface area contributed by atoms with Gasteiger partial charge in [0.1, 0.15) is 5.75 Å². The molecule has 0 saturated carbocycles. The highest BCUT2D eigenvalue weighted by molar-refractivity contribution is 7.22. The highest BCUT2D eigenvalue weighted by Crippen LogP contribution is 2.36. The number of carbonyl (C=O) groups is 2. The Kier molecular flexibility index (Phi) is 6.03. The molecule has 2 aromatic carbocycles. The number of hydrogen-bond acceptors (Lipinski definition) is 6. The number of carbonyl (C=O) groups excluding carboxylic acids is 2. The molecule has 172 valence electrons. The normalized spacial score (nSPS) is 20.5. The van der Waals surface area contributed by atoms with Gasteiger partial charge in [0, 0.05) is 19.6 Å². The van der Waals surface area contributed by atoms with Crippen LogP contribution in [0.3, 0.4) is 0 Å². The van der Waals surface area contributed by atoms with Gasteiger partial charge in [-0.3, -0.25) is 14.5 Å². The smallest absolute Gasteiger partial charge is 0.234 e. The Morgan fingerprint density at radius 3 is 2.91 bits per heavy atom. The van der Waals surface area contributed by atoms with Gasteiger partial charge in [0.2, 0.25) is 11.8 Å². The molecule has 5 rings (SSSR count). The van der Waals surface area contributed by atoms with Gasteiger partial charge in [-0.05, 0) is 49.6 Å². The molecular weight excluding hydrogens is 438 g/mol. The summed E-state index contributed by atoms with van der Waals surface area (Å²) in [6.45, 7) is 3.47. The van der Waals surface area contributed by atoms with Crippen molar-refractivity contribution >= 4 is 44.2 Å². The van der Waals surface area contributed by atoms with Gasteiger partial charge < -0.3 is 14.4 Å². The van der Waals surface area contributed by atoms with E-state index in [1.807, 2.05) is 49.4 Å². The maximum atomic E-state index is 13.8. The lowest BCUT2D eigenvalue weighted by Gasteiger charge is -2.26. The van der Waals surface area contributed by atoms with Gasteiger partial charge in [-0.25, -0.2) is 4.98 Å². The minimum Gasteiger partial charge on any atom is -0.495 e. The molecule has 2 amide bonds. The van der Waals surface area contributed by atoms with Crippen LogP contribution in [0.4, 0.5) is 10.8 Å². The average molecular weight is 466 g/mol. The van der Waals surface area contributed by atoms with Gasteiger partial charge in [0.05, 0.1) is 41.6 Å². The van der Waals surface area contributed by atoms with E-state index in [2.05, 4.69) is 0 Å². The summed E-state index contributed by atoms with van der Waals surface area (Å²) in [7, 11) is 1.59. The maximum absolute atomic E-state index is 13.8. The van der Waals surface area contributed by atoms with Crippen molar-refractivity contribution in [1.82, 2.24) is 4.98 Å². The molecule has 33 heavy (non-hydrogen) atoms. The van der Waals surface area contributed by atoms with Crippen LogP contribution >= 0.6 is 11.3 Å². The van der Waals surface area contributed by atoms with Gasteiger partial charge in [-0.2, -0.15) is 0 Å². The van der Waals surface area contributed by atoms with Gasteiger partial charge in [0.25, 0.3) is 0 Å². The molecule has 1 aromatic heterocycles. The highest BCUT2D eigenvalue weighted by Gasteiger charge is 2.40. The Hall–Kier alpha value is -2.97. The van der Waals surface area contributed by atoms with Crippen molar-refractivity contribution in [3.63, 3.8) is 0 Å². The fourth-order valence-corrected chi connectivity index (χ4v) is 5.55. The summed E-state index contributed by atoms with van der Waals surface area (Å²) in [5.41, 5.74) is 2.61. The van der Waals surface area contributed by atoms with E-state index < -0.39 is 5.92 Å². The first-order valence-electron chi connectivity index (χ1n) is 11.3. The number of aryl methyl sites for hydroxylation is 1. The van der Waals surface area contributed by atoms with Gasteiger partial charge >= 0.3 is 0 Å². The number of rotatable bonds is 6. The summed E-state index contributed by atoms with van der Waals surface area (Å²) in [6, 6.07) is 13.6. The number of benzene rings is 2. The van der Waals surface area contributed by atoms with Crippen LogP contribution in [0.2, 0.25) is 0 Å². The zero-order valence-corrected chi connectivity index (χ0v) is 19.6. The van der Waals surface area contributed by atoms with Crippen molar-refractivity contribution in [2.24, 2.45) is 5.92 Å². The number of fused-ring (bicyclic) bond motifs is 1. The molecule has 8 heteroatoms. The number of aromatic nitrogens is 1. The number of hydrogen-bond donors (Lipinski definition) is 0. The SMILES string of the molecule is COc1ccc(C)cc1N1C[C@H](C(=O)N(C[C@H]2CCCO2)c2nc3ccccc3s2)CC1=O. The van der Waals surface area contributed by atoms with Crippen LogP contribution in [0.5, 0.6) is 5.75 Å². The molecule has 2 saturated heterocycles. The van der Waals surface area contributed by atoms with Crippen LogP contribution < -0.4 is 14.5 Å². The van der Waals surface area contributed by atoms with Crippen molar-refractivity contribution in [2.45, 2.75) is 32.3 Å². The maximum Gasteiger partial charge on any atom is 0.234 e. The summed E-state index contributed by atoms with van der Waals surface area (Å²) in [5, 5.41) is 0.663. The number of para-hydroxylation sites is 1. The lowest BCUT2D eigenvalue weighted by Crippen LogP contribution is -2.42. The summed E-state index contributed by atoms with van der Waals surface area (Å²) in [6.07, 6.45) is 2.08.